The lowest BCUT2D eigenvalue weighted by Crippen LogP contribution is -2.30. The summed E-state index contributed by atoms with van der Waals surface area (Å²) in [4.78, 5) is 0. The van der Waals surface area contributed by atoms with Crippen molar-refractivity contribution >= 4 is 0 Å². The fourth-order valence-corrected chi connectivity index (χ4v) is 2.45. The summed E-state index contributed by atoms with van der Waals surface area (Å²) in [5.74, 6) is 0. The van der Waals surface area contributed by atoms with Gasteiger partial charge < -0.3 is 10.8 Å². The summed E-state index contributed by atoms with van der Waals surface area (Å²) in [6.07, 6.45) is 3.85. The molecule has 1 aliphatic rings. The SMILES string of the molecule is CC1(C)Cc2c(cnn2CCO)C(N)C1. The summed E-state index contributed by atoms with van der Waals surface area (Å²) < 4.78 is 1.89. The van der Waals surface area contributed by atoms with Crippen LogP contribution in [0, 0.1) is 5.41 Å². The molecule has 2 rings (SSSR count). The van der Waals surface area contributed by atoms with Crippen molar-refractivity contribution < 1.29 is 5.11 Å². The summed E-state index contributed by atoms with van der Waals surface area (Å²) in [6, 6.07) is 0.0937. The van der Waals surface area contributed by atoms with Crippen LogP contribution in [-0.2, 0) is 13.0 Å². The standard InChI is InChI=1S/C11H19N3O/c1-11(2)5-9(12)8-7-13-14(3-4-15)10(8)6-11/h7,9,15H,3-6,12H2,1-2H3. The van der Waals surface area contributed by atoms with Crippen molar-refractivity contribution in [1.82, 2.24) is 9.78 Å². The highest BCUT2D eigenvalue weighted by Gasteiger charge is 2.32. The summed E-state index contributed by atoms with van der Waals surface area (Å²) >= 11 is 0. The van der Waals surface area contributed by atoms with E-state index >= 15 is 0 Å². The van der Waals surface area contributed by atoms with E-state index in [1.807, 2.05) is 10.9 Å². The third-order valence-electron chi connectivity index (χ3n) is 3.11. The van der Waals surface area contributed by atoms with E-state index in [1.54, 1.807) is 0 Å². The van der Waals surface area contributed by atoms with Crippen molar-refractivity contribution in [2.45, 2.75) is 39.3 Å². The molecule has 1 heterocycles. The maximum Gasteiger partial charge on any atom is 0.0644 e. The van der Waals surface area contributed by atoms with E-state index in [4.69, 9.17) is 10.8 Å². The average Bonchev–Trinajstić information content (AvgIpc) is 2.47. The van der Waals surface area contributed by atoms with E-state index in [0.29, 0.717) is 6.54 Å². The quantitative estimate of drug-likeness (QED) is 0.759. The van der Waals surface area contributed by atoms with Crippen LogP contribution in [0.25, 0.3) is 0 Å². The fraction of sp³-hybridized carbons (Fsp3) is 0.727. The van der Waals surface area contributed by atoms with Gasteiger partial charge in [0.05, 0.1) is 19.3 Å². The number of hydrogen-bond donors (Lipinski definition) is 2. The molecule has 15 heavy (non-hydrogen) atoms. The lowest BCUT2D eigenvalue weighted by molar-refractivity contribution is 0.249. The van der Waals surface area contributed by atoms with Gasteiger partial charge >= 0.3 is 0 Å². The Morgan fingerprint density at radius 2 is 2.40 bits per heavy atom. The Morgan fingerprint density at radius 3 is 3.07 bits per heavy atom. The van der Waals surface area contributed by atoms with Crippen molar-refractivity contribution in [3.63, 3.8) is 0 Å². The van der Waals surface area contributed by atoms with Gasteiger partial charge in [-0.25, -0.2) is 0 Å². The van der Waals surface area contributed by atoms with Crippen LogP contribution >= 0.6 is 0 Å². The smallest absolute Gasteiger partial charge is 0.0644 e. The molecule has 0 saturated heterocycles. The first kappa shape index (κ1) is 10.6. The number of nitrogens with zero attached hydrogens (tertiary/aromatic N) is 2. The molecule has 4 nitrogen and oxygen atoms in total. The van der Waals surface area contributed by atoms with Crippen LogP contribution in [0.4, 0.5) is 0 Å². The maximum atomic E-state index is 8.94. The van der Waals surface area contributed by atoms with Gasteiger partial charge in [0.1, 0.15) is 0 Å². The molecule has 84 valence electrons. The normalized spacial score (nSPS) is 23.9. The zero-order valence-electron chi connectivity index (χ0n) is 9.40. The summed E-state index contributed by atoms with van der Waals surface area (Å²) in [5, 5.41) is 13.2. The molecule has 0 radical (unpaired) electrons. The second kappa shape index (κ2) is 3.61. The van der Waals surface area contributed by atoms with Crippen LogP contribution in [-0.4, -0.2) is 21.5 Å². The number of aliphatic hydroxyl groups is 1. The molecule has 1 atom stereocenters. The molecule has 0 spiro atoms. The van der Waals surface area contributed by atoms with E-state index in [1.165, 1.54) is 5.69 Å². The van der Waals surface area contributed by atoms with E-state index in [2.05, 4.69) is 18.9 Å². The summed E-state index contributed by atoms with van der Waals surface area (Å²) in [5.41, 5.74) is 8.71. The van der Waals surface area contributed by atoms with Gasteiger partial charge in [-0.3, -0.25) is 4.68 Å². The summed E-state index contributed by atoms with van der Waals surface area (Å²) in [7, 11) is 0. The molecule has 1 aliphatic carbocycles. The first-order chi connectivity index (χ1) is 7.03. The van der Waals surface area contributed by atoms with Crippen molar-refractivity contribution in [3.8, 4) is 0 Å². The zero-order chi connectivity index (χ0) is 11.1. The number of aromatic nitrogens is 2. The van der Waals surface area contributed by atoms with E-state index in [9.17, 15) is 0 Å². The van der Waals surface area contributed by atoms with Gasteiger partial charge in [-0.05, 0) is 18.3 Å². The predicted molar refractivity (Wildman–Crippen MR) is 58.3 cm³/mol. The first-order valence-corrected chi connectivity index (χ1v) is 5.44. The molecule has 0 fully saturated rings. The van der Waals surface area contributed by atoms with Crippen LogP contribution in [0.1, 0.15) is 37.6 Å². The number of rotatable bonds is 2. The van der Waals surface area contributed by atoms with Crippen molar-refractivity contribution in [2.75, 3.05) is 6.61 Å². The van der Waals surface area contributed by atoms with Gasteiger partial charge in [0, 0.05) is 17.3 Å². The number of aliphatic hydroxyl groups excluding tert-OH is 1. The largest absolute Gasteiger partial charge is 0.394 e. The van der Waals surface area contributed by atoms with Gasteiger partial charge in [-0.2, -0.15) is 5.10 Å². The van der Waals surface area contributed by atoms with E-state index in [0.717, 1.165) is 18.4 Å². The van der Waals surface area contributed by atoms with Crippen LogP contribution < -0.4 is 5.73 Å². The number of fused-ring (bicyclic) bond motifs is 1. The van der Waals surface area contributed by atoms with Crippen molar-refractivity contribution in [1.29, 1.82) is 0 Å². The van der Waals surface area contributed by atoms with Crippen LogP contribution in [0.3, 0.4) is 0 Å². The lowest BCUT2D eigenvalue weighted by Gasteiger charge is -2.33. The lowest BCUT2D eigenvalue weighted by atomic mass is 9.75. The van der Waals surface area contributed by atoms with Gasteiger partial charge in [0.15, 0.2) is 0 Å². The minimum atomic E-state index is 0.0937. The molecule has 3 N–H and O–H groups in total. The van der Waals surface area contributed by atoms with Gasteiger partial charge in [0.2, 0.25) is 0 Å². The Kier molecular flexibility index (Phi) is 2.56. The third-order valence-corrected chi connectivity index (χ3v) is 3.11. The molecule has 0 aliphatic heterocycles. The maximum absolute atomic E-state index is 8.94. The molecule has 0 saturated carbocycles. The molecule has 0 aromatic carbocycles. The number of hydrogen-bond acceptors (Lipinski definition) is 3. The molecular weight excluding hydrogens is 190 g/mol. The molecular formula is C11H19N3O. The Labute approximate surface area is 90.1 Å². The van der Waals surface area contributed by atoms with Crippen molar-refractivity contribution in [2.24, 2.45) is 11.1 Å². The Hall–Kier alpha value is -0.870. The topological polar surface area (TPSA) is 64.1 Å². The Morgan fingerprint density at radius 1 is 1.67 bits per heavy atom. The average molecular weight is 209 g/mol. The highest BCUT2D eigenvalue weighted by atomic mass is 16.3. The highest BCUT2D eigenvalue weighted by molar-refractivity contribution is 5.26. The van der Waals surface area contributed by atoms with Gasteiger partial charge in [0.25, 0.3) is 0 Å². The predicted octanol–water partition coefficient (Wildman–Crippen LogP) is 0.848. The fourth-order valence-electron chi connectivity index (χ4n) is 2.45. The Bertz CT molecular complexity index is 357. The monoisotopic (exact) mass is 209 g/mol. The zero-order valence-corrected chi connectivity index (χ0v) is 9.40. The first-order valence-electron chi connectivity index (χ1n) is 5.44. The van der Waals surface area contributed by atoms with Crippen LogP contribution in [0.2, 0.25) is 0 Å². The Balaban J connectivity index is 2.36. The third kappa shape index (κ3) is 1.92. The minimum absolute atomic E-state index is 0.0937. The second-order valence-electron chi connectivity index (χ2n) is 5.14. The van der Waals surface area contributed by atoms with E-state index in [-0.39, 0.29) is 18.1 Å². The molecule has 0 bridgehead atoms. The van der Waals surface area contributed by atoms with Gasteiger partial charge in [-0.15, -0.1) is 0 Å². The molecule has 1 unspecified atom stereocenters. The molecule has 1 aromatic heterocycles. The molecule has 0 amide bonds. The van der Waals surface area contributed by atoms with Crippen LogP contribution in [0.5, 0.6) is 0 Å². The molecule has 1 aromatic rings. The van der Waals surface area contributed by atoms with Crippen molar-refractivity contribution in [3.05, 3.63) is 17.5 Å². The minimum Gasteiger partial charge on any atom is -0.394 e. The van der Waals surface area contributed by atoms with Crippen LogP contribution in [0.15, 0.2) is 6.20 Å². The second-order valence-corrected chi connectivity index (χ2v) is 5.14. The number of nitrogens with two attached hydrogens (primary N) is 1. The van der Waals surface area contributed by atoms with E-state index < -0.39 is 0 Å². The molecule has 4 heteroatoms. The summed E-state index contributed by atoms with van der Waals surface area (Å²) in [6.45, 7) is 5.15. The highest BCUT2D eigenvalue weighted by Crippen LogP contribution is 2.39. The van der Waals surface area contributed by atoms with Gasteiger partial charge in [-0.1, -0.05) is 13.8 Å².